The summed E-state index contributed by atoms with van der Waals surface area (Å²) in [6.07, 6.45) is 6.46. The van der Waals surface area contributed by atoms with Gasteiger partial charge in [-0.05, 0) is 38.5 Å². The predicted molar refractivity (Wildman–Crippen MR) is 93.0 cm³/mol. The third-order valence-corrected chi connectivity index (χ3v) is 4.67. The molecule has 146 valence electrons. The number of allylic oxidation sites excluding steroid dienone is 2. The number of esters is 3. The highest BCUT2D eigenvalue weighted by Gasteiger charge is 2.34. The molecule has 1 saturated carbocycles. The predicted octanol–water partition coefficient (Wildman–Crippen LogP) is 2.22. The van der Waals surface area contributed by atoms with Crippen molar-refractivity contribution in [3.63, 3.8) is 0 Å². The first-order valence-corrected chi connectivity index (χ1v) is 8.93. The van der Waals surface area contributed by atoms with Crippen molar-refractivity contribution in [1.29, 1.82) is 0 Å². The van der Waals surface area contributed by atoms with Crippen molar-refractivity contribution in [3.8, 4) is 0 Å². The minimum absolute atomic E-state index is 0.129. The SMILES string of the molecule is CCOC(=O)CCC1CCC(=O)C1C/C=C/CC(C(=O)OC)C(=O)OC. The minimum Gasteiger partial charge on any atom is -0.468 e. The maximum absolute atomic E-state index is 12.1. The molecule has 0 aromatic heterocycles. The van der Waals surface area contributed by atoms with Crippen LogP contribution in [0.3, 0.4) is 0 Å². The van der Waals surface area contributed by atoms with Crippen LogP contribution < -0.4 is 0 Å². The van der Waals surface area contributed by atoms with Gasteiger partial charge in [0.2, 0.25) is 0 Å². The summed E-state index contributed by atoms with van der Waals surface area (Å²) in [5.74, 6) is -2.30. The monoisotopic (exact) mass is 368 g/mol. The molecule has 0 radical (unpaired) electrons. The van der Waals surface area contributed by atoms with Gasteiger partial charge >= 0.3 is 17.9 Å². The minimum atomic E-state index is -1.000. The lowest BCUT2D eigenvalue weighted by atomic mass is 9.88. The fraction of sp³-hybridized carbons (Fsp3) is 0.684. The van der Waals surface area contributed by atoms with Gasteiger partial charge in [-0.1, -0.05) is 12.2 Å². The van der Waals surface area contributed by atoms with Crippen LogP contribution in [0, 0.1) is 17.8 Å². The number of hydrogen-bond donors (Lipinski definition) is 0. The van der Waals surface area contributed by atoms with E-state index in [2.05, 4.69) is 9.47 Å². The fourth-order valence-electron chi connectivity index (χ4n) is 3.23. The number of ketones is 1. The Labute approximate surface area is 154 Å². The number of ether oxygens (including phenoxy) is 3. The summed E-state index contributed by atoms with van der Waals surface area (Å²) in [6, 6.07) is 0. The molecule has 0 aromatic rings. The summed E-state index contributed by atoms with van der Waals surface area (Å²) >= 11 is 0. The maximum atomic E-state index is 12.1. The molecule has 1 aliphatic rings. The summed E-state index contributed by atoms with van der Waals surface area (Å²) in [4.78, 5) is 46.8. The van der Waals surface area contributed by atoms with Gasteiger partial charge in [0.15, 0.2) is 5.92 Å². The summed E-state index contributed by atoms with van der Waals surface area (Å²) in [7, 11) is 2.43. The van der Waals surface area contributed by atoms with Gasteiger partial charge in [-0.25, -0.2) is 0 Å². The molecule has 1 fully saturated rings. The van der Waals surface area contributed by atoms with Crippen LogP contribution in [-0.2, 0) is 33.4 Å². The molecule has 7 heteroatoms. The van der Waals surface area contributed by atoms with Gasteiger partial charge < -0.3 is 14.2 Å². The average Bonchev–Trinajstić information content (AvgIpc) is 2.99. The van der Waals surface area contributed by atoms with E-state index in [0.717, 1.165) is 6.42 Å². The smallest absolute Gasteiger partial charge is 0.320 e. The van der Waals surface area contributed by atoms with E-state index in [1.54, 1.807) is 13.0 Å². The number of Topliss-reactive ketones (excluding diaryl/α,β-unsaturated/α-hetero) is 1. The molecule has 2 unspecified atom stereocenters. The number of carbonyl (C=O) groups excluding carboxylic acids is 4. The van der Waals surface area contributed by atoms with Crippen LogP contribution >= 0.6 is 0 Å². The molecule has 2 atom stereocenters. The van der Waals surface area contributed by atoms with E-state index in [0.29, 0.717) is 32.3 Å². The first kappa shape index (κ1) is 21.9. The van der Waals surface area contributed by atoms with E-state index in [4.69, 9.17) is 4.74 Å². The van der Waals surface area contributed by atoms with Crippen LogP contribution in [-0.4, -0.2) is 44.5 Å². The topological polar surface area (TPSA) is 96.0 Å². The Morgan fingerprint density at radius 2 is 1.81 bits per heavy atom. The van der Waals surface area contributed by atoms with Gasteiger partial charge in [-0.3, -0.25) is 19.2 Å². The summed E-state index contributed by atoms with van der Waals surface area (Å²) in [5, 5.41) is 0. The van der Waals surface area contributed by atoms with E-state index in [-0.39, 0.29) is 30.0 Å². The molecule has 0 spiro atoms. The van der Waals surface area contributed by atoms with Crippen LogP contribution in [0.5, 0.6) is 0 Å². The molecule has 26 heavy (non-hydrogen) atoms. The first-order chi connectivity index (χ1) is 12.4. The molecular weight excluding hydrogens is 340 g/mol. The van der Waals surface area contributed by atoms with E-state index in [9.17, 15) is 19.2 Å². The van der Waals surface area contributed by atoms with Crippen LogP contribution in [0.4, 0.5) is 0 Å². The van der Waals surface area contributed by atoms with Crippen LogP contribution in [0.15, 0.2) is 12.2 Å². The second kappa shape index (κ2) is 11.4. The lowest BCUT2D eigenvalue weighted by Crippen LogP contribution is -2.25. The van der Waals surface area contributed by atoms with Crippen molar-refractivity contribution >= 4 is 23.7 Å². The van der Waals surface area contributed by atoms with Crippen LogP contribution in [0.25, 0.3) is 0 Å². The average molecular weight is 368 g/mol. The Morgan fingerprint density at radius 1 is 1.15 bits per heavy atom. The zero-order valence-electron chi connectivity index (χ0n) is 15.7. The Balaban J connectivity index is 2.55. The van der Waals surface area contributed by atoms with Gasteiger partial charge in [0.05, 0.1) is 20.8 Å². The molecular formula is C19H28O7. The molecule has 0 aromatic carbocycles. The maximum Gasteiger partial charge on any atom is 0.320 e. The lowest BCUT2D eigenvalue weighted by molar-refractivity contribution is -0.158. The molecule has 0 N–H and O–H groups in total. The molecule has 0 aliphatic heterocycles. The van der Waals surface area contributed by atoms with Gasteiger partial charge in [0.1, 0.15) is 5.78 Å². The fourth-order valence-corrected chi connectivity index (χ4v) is 3.23. The van der Waals surface area contributed by atoms with E-state index in [1.165, 1.54) is 14.2 Å². The van der Waals surface area contributed by atoms with Gasteiger partial charge in [0.25, 0.3) is 0 Å². The normalized spacial score (nSPS) is 19.8. The van der Waals surface area contributed by atoms with E-state index in [1.807, 2.05) is 6.08 Å². The molecule has 1 rings (SSSR count). The molecule has 0 amide bonds. The number of hydrogen-bond acceptors (Lipinski definition) is 7. The Morgan fingerprint density at radius 3 is 2.38 bits per heavy atom. The summed E-state index contributed by atoms with van der Waals surface area (Å²) in [5.41, 5.74) is 0. The zero-order valence-corrected chi connectivity index (χ0v) is 15.7. The molecule has 7 nitrogen and oxygen atoms in total. The highest BCUT2D eigenvalue weighted by atomic mass is 16.5. The molecule has 0 bridgehead atoms. The van der Waals surface area contributed by atoms with Crippen molar-refractivity contribution < 1.29 is 33.4 Å². The lowest BCUT2D eigenvalue weighted by Gasteiger charge is -2.16. The Bertz CT molecular complexity index is 522. The third kappa shape index (κ3) is 6.61. The third-order valence-electron chi connectivity index (χ3n) is 4.67. The number of carbonyl (C=O) groups is 4. The Hall–Kier alpha value is -2.18. The van der Waals surface area contributed by atoms with E-state index >= 15 is 0 Å². The summed E-state index contributed by atoms with van der Waals surface area (Å²) < 4.78 is 14.1. The molecule has 0 heterocycles. The van der Waals surface area contributed by atoms with Crippen molar-refractivity contribution in [2.45, 2.75) is 45.4 Å². The van der Waals surface area contributed by atoms with Crippen molar-refractivity contribution in [1.82, 2.24) is 0 Å². The molecule has 1 aliphatic carbocycles. The summed E-state index contributed by atoms with van der Waals surface area (Å²) in [6.45, 7) is 2.12. The highest BCUT2D eigenvalue weighted by Crippen LogP contribution is 2.35. The Kier molecular flexibility index (Phi) is 9.62. The highest BCUT2D eigenvalue weighted by molar-refractivity contribution is 5.95. The van der Waals surface area contributed by atoms with Gasteiger partial charge in [0, 0.05) is 18.8 Å². The van der Waals surface area contributed by atoms with E-state index < -0.39 is 17.9 Å². The van der Waals surface area contributed by atoms with Crippen molar-refractivity contribution in [3.05, 3.63) is 12.2 Å². The first-order valence-electron chi connectivity index (χ1n) is 8.93. The largest absolute Gasteiger partial charge is 0.468 e. The second-order valence-corrected chi connectivity index (χ2v) is 6.26. The van der Waals surface area contributed by atoms with Crippen LogP contribution in [0.1, 0.15) is 45.4 Å². The van der Waals surface area contributed by atoms with Gasteiger partial charge in [-0.15, -0.1) is 0 Å². The quantitative estimate of drug-likeness (QED) is 0.252. The van der Waals surface area contributed by atoms with Crippen LogP contribution in [0.2, 0.25) is 0 Å². The second-order valence-electron chi connectivity index (χ2n) is 6.26. The van der Waals surface area contributed by atoms with Gasteiger partial charge in [-0.2, -0.15) is 0 Å². The van der Waals surface area contributed by atoms with Crippen molar-refractivity contribution in [2.75, 3.05) is 20.8 Å². The number of methoxy groups -OCH3 is 2. The zero-order chi connectivity index (χ0) is 19.5. The number of rotatable bonds is 10. The van der Waals surface area contributed by atoms with Crippen molar-refractivity contribution in [2.24, 2.45) is 17.8 Å². The molecule has 0 saturated heterocycles. The standard InChI is InChI=1S/C19H28O7/c1-4-26-17(21)12-10-13-9-11-16(20)14(13)7-5-6-8-15(18(22)24-2)19(23)25-3/h5-6,13-15H,4,7-12H2,1-3H3/b6-5+.